The Bertz CT molecular complexity index is 930. The fourth-order valence-electron chi connectivity index (χ4n) is 2.77. The lowest BCUT2D eigenvalue weighted by atomic mass is 10.0. The molecule has 2 amide bonds. The van der Waals surface area contributed by atoms with Gasteiger partial charge in [-0.3, -0.25) is 9.59 Å². The predicted octanol–water partition coefficient (Wildman–Crippen LogP) is 5.18. The van der Waals surface area contributed by atoms with Crippen molar-refractivity contribution in [2.24, 2.45) is 11.0 Å². The average Bonchev–Trinajstić information content (AvgIpc) is 2.69. The molecule has 0 spiro atoms. The predicted molar refractivity (Wildman–Crippen MR) is 128 cm³/mol. The van der Waals surface area contributed by atoms with Crippen LogP contribution >= 0.6 is 27.5 Å². The zero-order valence-corrected chi connectivity index (χ0v) is 20.3. The van der Waals surface area contributed by atoms with Gasteiger partial charge in [-0.05, 0) is 68.7 Å². The SMILES string of the molecule is CC(C)CC(NC(=O)c1ccc(Cl)cc1)C(=O)N/N=C/c1cc(Br)ccc1OC(C)C. The molecule has 0 radical (unpaired) electrons. The highest BCUT2D eigenvalue weighted by molar-refractivity contribution is 9.10. The summed E-state index contributed by atoms with van der Waals surface area (Å²) in [6.07, 6.45) is 1.99. The van der Waals surface area contributed by atoms with E-state index in [9.17, 15) is 9.59 Å². The average molecular weight is 509 g/mol. The molecule has 0 aliphatic carbocycles. The first-order valence-corrected chi connectivity index (χ1v) is 11.2. The fourth-order valence-corrected chi connectivity index (χ4v) is 3.28. The molecule has 0 aliphatic heterocycles. The van der Waals surface area contributed by atoms with Crippen LogP contribution in [0.15, 0.2) is 52.0 Å². The molecule has 31 heavy (non-hydrogen) atoms. The molecule has 2 N–H and O–H groups in total. The molecule has 2 aromatic carbocycles. The monoisotopic (exact) mass is 507 g/mol. The van der Waals surface area contributed by atoms with Gasteiger partial charge in [0.25, 0.3) is 11.8 Å². The van der Waals surface area contributed by atoms with Gasteiger partial charge < -0.3 is 10.1 Å². The minimum absolute atomic E-state index is 0.00131. The number of rotatable bonds is 9. The molecule has 0 saturated carbocycles. The molecule has 6 nitrogen and oxygen atoms in total. The second-order valence-electron chi connectivity index (χ2n) is 7.75. The highest BCUT2D eigenvalue weighted by Crippen LogP contribution is 2.22. The summed E-state index contributed by atoms with van der Waals surface area (Å²) < 4.78 is 6.64. The molecule has 0 bridgehead atoms. The van der Waals surface area contributed by atoms with Gasteiger partial charge in [-0.2, -0.15) is 5.10 Å². The summed E-state index contributed by atoms with van der Waals surface area (Å²) in [6, 6.07) is 11.3. The lowest BCUT2D eigenvalue weighted by Gasteiger charge is -2.19. The molecule has 1 atom stereocenters. The number of carbonyl (C=O) groups excluding carboxylic acids is 2. The fraction of sp³-hybridized carbons (Fsp3) is 0.348. The van der Waals surface area contributed by atoms with Gasteiger partial charge in [0.1, 0.15) is 11.8 Å². The van der Waals surface area contributed by atoms with Crippen LogP contribution in [0, 0.1) is 5.92 Å². The zero-order chi connectivity index (χ0) is 23.0. The van der Waals surface area contributed by atoms with Gasteiger partial charge >= 0.3 is 0 Å². The maximum Gasteiger partial charge on any atom is 0.262 e. The van der Waals surface area contributed by atoms with Crippen molar-refractivity contribution in [2.75, 3.05) is 0 Å². The van der Waals surface area contributed by atoms with E-state index >= 15 is 0 Å². The highest BCUT2D eigenvalue weighted by Gasteiger charge is 2.22. The lowest BCUT2D eigenvalue weighted by molar-refractivity contribution is -0.123. The Hall–Kier alpha value is -2.38. The largest absolute Gasteiger partial charge is 0.490 e. The molecule has 0 aliphatic rings. The number of hydrogen-bond acceptors (Lipinski definition) is 4. The Morgan fingerprint density at radius 1 is 1.13 bits per heavy atom. The second-order valence-corrected chi connectivity index (χ2v) is 9.10. The van der Waals surface area contributed by atoms with Crippen LogP contribution in [-0.4, -0.2) is 30.2 Å². The van der Waals surface area contributed by atoms with Crippen LogP contribution in [0.1, 0.15) is 50.0 Å². The molecule has 2 rings (SSSR count). The minimum atomic E-state index is -0.728. The Morgan fingerprint density at radius 3 is 2.42 bits per heavy atom. The number of nitrogens with one attached hydrogen (secondary N) is 2. The third-order valence-corrected chi connectivity index (χ3v) is 4.89. The van der Waals surface area contributed by atoms with Gasteiger partial charge in [-0.15, -0.1) is 0 Å². The molecule has 166 valence electrons. The molecule has 0 fully saturated rings. The molecule has 0 heterocycles. The van der Waals surface area contributed by atoms with Crippen LogP contribution in [0.3, 0.4) is 0 Å². The van der Waals surface area contributed by atoms with Crippen molar-refractivity contribution in [3.05, 3.63) is 63.1 Å². The molecule has 8 heteroatoms. The first-order valence-electron chi connectivity index (χ1n) is 10.0. The van der Waals surface area contributed by atoms with Crippen LogP contribution in [0.4, 0.5) is 0 Å². The standard InChI is InChI=1S/C23H27BrClN3O3/c1-14(2)11-20(27-22(29)16-5-8-19(25)9-6-16)23(30)28-26-13-17-12-18(24)7-10-21(17)31-15(3)4/h5-10,12-15,20H,11H2,1-4H3,(H,27,29)(H,28,30)/b26-13+. The van der Waals surface area contributed by atoms with E-state index in [0.717, 1.165) is 4.47 Å². The third-order valence-electron chi connectivity index (χ3n) is 4.15. The smallest absolute Gasteiger partial charge is 0.262 e. The lowest BCUT2D eigenvalue weighted by Crippen LogP contribution is -2.46. The summed E-state index contributed by atoms with van der Waals surface area (Å²) in [5.74, 6) is 0.113. The number of nitrogens with zero attached hydrogens (tertiary/aromatic N) is 1. The van der Waals surface area contributed by atoms with E-state index in [0.29, 0.717) is 28.3 Å². The van der Waals surface area contributed by atoms with Gasteiger partial charge in [0.2, 0.25) is 0 Å². The van der Waals surface area contributed by atoms with E-state index in [2.05, 4.69) is 31.8 Å². The topological polar surface area (TPSA) is 79.8 Å². The van der Waals surface area contributed by atoms with Gasteiger partial charge in [-0.25, -0.2) is 5.43 Å². The number of ether oxygens (including phenoxy) is 1. The summed E-state index contributed by atoms with van der Waals surface area (Å²) in [5.41, 5.74) is 3.67. The first kappa shape index (κ1) is 24.9. The van der Waals surface area contributed by atoms with E-state index in [4.69, 9.17) is 16.3 Å². The van der Waals surface area contributed by atoms with Crippen LogP contribution in [0.5, 0.6) is 5.75 Å². The Kier molecular flexibility index (Phi) is 9.52. The number of carbonyl (C=O) groups is 2. The summed E-state index contributed by atoms with van der Waals surface area (Å²) in [4.78, 5) is 25.3. The Balaban J connectivity index is 2.09. The van der Waals surface area contributed by atoms with Gasteiger partial charge in [0, 0.05) is 20.6 Å². The molecular formula is C23H27BrClN3O3. The zero-order valence-electron chi connectivity index (χ0n) is 18.0. The molecule has 0 aromatic heterocycles. The highest BCUT2D eigenvalue weighted by atomic mass is 79.9. The van der Waals surface area contributed by atoms with Crippen molar-refractivity contribution in [1.82, 2.24) is 10.7 Å². The van der Waals surface area contributed by atoms with E-state index < -0.39 is 11.9 Å². The summed E-state index contributed by atoms with van der Waals surface area (Å²) >= 11 is 9.30. The van der Waals surface area contributed by atoms with E-state index in [1.54, 1.807) is 24.3 Å². The van der Waals surface area contributed by atoms with Crippen molar-refractivity contribution in [1.29, 1.82) is 0 Å². The summed E-state index contributed by atoms with van der Waals surface area (Å²) in [7, 11) is 0. The van der Waals surface area contributed by atoms with Crippen LogP contribution < -0.4 is 15.5 Å². The first-order chi connectivity index (χ1) is 14.7. The second kappa shape index (κ2) is 11.9. The molecular weight excluding hydrogens is 482 g/mol. The van der Waals surface area contributed by atoms with Crippen molar-refractivity contribution >= 4 is 45.6 Å². The van der Waals surface area contributed by atoms with Crippen molar-refractivity contribution in [3.8, 4) is 5.75 Å². The van der Waals surface area contributed by atoms with Gasteiger partial charge in [0.05, 0.1) is 12.3 Å². The number of amides is 2. The minimum Gasteiger partial charge on any atom is -0.490 e. The Labute approximate surface area is 196 Å². The molecule has 1 unspecified atom stereocenters. The summed E-state index contributed by atoms with van der Waals surface area (Å²) in [6.45, 7) is 7.83. The van der Waals surface area contributed by atoms with E-state index in [1.807, 2.05) is 45.9 Å². The van der Waals surface area contributed by atoms with Crippen molar-refractivity contribution in [3.63, 3.8) is 0 Å². The molecule has 2 aromatic rings. The van der Waals surface area contributed by atoms with Crippen LogP contribution in [-0.2, 0) is 4.79 Å². The quantitative estimate of drug-likeness (QED) is 0.362. The maximum atomic E-state index is 12.7. The maximum absolute atomic E-state index is 12.7. The number of benzene rings is 2. The van der Waals surface area contributed by atoms with Crippen LogP contribution in [0.2, 0.25) is 5.02 Å². The van der Waals surface area contributed by atoms with Crippen molar-refractivity contribution < 1.29 is 14.3 Å². The van der Waals surface area contributed by atoms with E-state index in [-0.39, 0.29) is 17.9 Å². The van der Waals surface area contributed by atoms with Crippen LogP contribution in [0.25, 0.3) is 0 Å². The van der Waals surface area contributed by atoms with Crippen molar-refractivity contribution in [2.45, 2.75) is 46.3 Å². The van der Waals surface area contributed by atoms with Gasteiger partial charge in [0.15, 0.2) is 0 Å². The number of hydrogen-bond donors (Lipinski definition) is 2. The summed E-state index contributed by atoms with van der Waals surface area (Å²) in [5, 5.41) is 7.39. The van der Waals surface area contributed by atoms with E-state index in [1.165, 1.54) is 6.21 Å². The normalized spacial score (nSPS) is 12.3. The Morgan fingerprint density at radius 2 is 1.81 bits per heavy atom. The third kappa shape index (κ3) is 8.34. The molecule has 0 saturated heterocycles. The number of hydrazone groups is 1. The van der Waals surface area contributed by atoms with Gasteiger partial charge in [-0.1, -0.05) is 41.4 Å². The number of halogens is 2.